The Morgan fingerprint density at radius 3 is 2.70 bits per heavy atom. The largest absolute Gasteiger partial charge is 0.386 e. The van der Waals surface area contributed by atoms with E-state index in [0.29, 0.717) is 6.54 Å². The van der Waals surface area contributed by atoms with Crippen molar-refractivity contribution in [3.8, 4) is 0 Å². The number of guanidine groups is 1. The molecule has 0 bridgehead atoms. The zero-order chi connectivity index (χ0) is 15.9. The number of halogens is 3. The van der Waals surface area contributed by atoms with Crippen LogP contribution in [-0.4, -0.2) is 37.1 Å². The first-order valence-corrected chi connectivity index (χ1v) is 7.88. The van der Waals surface area contributed by atoms with E-state index in [1.807, 2.05) is 37.3 Å². The predicted octanol–water partition coefficient (Wildman–Crippen LogP) is 3.37. The molecule has 0 saturated heterocycles. The Bertz CT molecular complexity index is 603. The van der Waals surface area contributed by atoms with Crippen molar-refractivity contribution >= 4 is 51.4 Å². The van der Waals surface area contributed by atoms with Crippen molar-refractivity contribution in [2.24, 2.45) is 4.99 Å². The lowest BCUT2D eigenvalue weighted by atomic mass is 10.2. The van der Waals surface area contributed by atoms with E-state index in [4.69, 9.17) is 0 Å². The molecule has 1 aromatic heterocycles. The summed E-state index contributed by atoms with van der Waals surface area (Å²) >= 11 is 1.52. The Hall–Kier alpha value is -1.000. The van der Waals surface area contributed by atoms with Gasteiger partial charge in [0.2, 0.25) is 0 Å². The molecule has 2 aromatic rings. The molecule has 1 unspecified atom stereocenters. The van der Waals surface area contributed by atoms with Crippen LogP contribution in [0.25, 0.3) is 10.1 Å². The van der Waals surface area contributed by atoms with E-state index < -0.39 is 19.1 Å². The van der Waals surface area contributed by atoms with Gasteiger partial charge in [-0.15, -0.1) is 35.3 Å². The van der Waals surface area contributed by atoms with Gasteiger partial charge in [-0.1, -0.05) is 18.2 Å². The number of aliphatic hydroxyl groups is 1. The van der Waals surface area contributed by atoms with Crippen molar-refractivity contribution in [1.29, 1.82) is 0 Å². The summed E-state index contributed by atoms with van der Waals surface area (Å²) in [7, 11) is 0. The second kappa shape index (κ2) is 9.99. The third-order valence-corrected chi connectivity index (χ3v) is 4.18. The summed E-state index contributed by atoms with van der Waals surface area (Å²) in [6.07, 6.45) is -3.20. The van der Waals surface area contributed by atoms with E-state index >= 15 is 0 Å². The number of alkyl halides is 2. The van der Waals surface area contributed by atoms with Gasteiger partial charge < -0.3 is 15.7 Å². The number of benzene rings is 1. The van der Waals surface area contributed by atoms with Crippen LogP contribution in [0.3, 0.4) is 0 Å². The molecule has 0 saturated carbocycles. The molecule has 4 nitrogen and oxygen atoms in total. The lowest BCUT2D eigenvalue weighted by Crippen LogP contribution is -2.39. The van der Waals surface area contributed by atoms with Crippen molar-refractivity contribution in [2.45, 2.75) is 19.5 Å². The molecule has 0 radical (unpaired) electrons. The summed E-state index contributed by atoms with van der Waals surface area (Å²) in [6.45, 7) is 2.06. The third kappa shape index (κ3) is 6.19. The third-order valence-electron chi connectivity index (χ3n) is 2.97. The van der Waals surface area contributed by atoms with Crippen LogP contribution in [0.2, 0.25) is 0 Å². The molecule has 0 amide bonds. The fourth-order valence-corrected chi connectivity index (χ4v) is 3.01. The van der Waals surface area contributed by atoms with Crippen LogP contribution in [0.1, 0.15) is 17.9 Å². The molecule has 128 valence electrons. The van der Waals surface area contributed by atoms with E-state index in [2.05, 4.69) is 15.6 Å². The topological polar surface area (TPSA) is 56.7 Å². The molecule has 8 heteroatoms. The zero-order valence-corrected chi connectivity index (χ0v) is 15.8. The van der Waals surface area contributed by atoms with Crippen LogP contribution in [0.5, 0.6) is 0 Å². The van der Waals surface area contributed by atoms with Gasteiger partial charge in [0.1, 0.15) is 12.6 Å². The average Bonchev–Trinajstić information content (AvgIpc) is 2.93. The van der Waals surface area contributed by atoms with E-state index in [1.54, 1.807) is 0 Å². The molecule has 1 aromatic carbocycles. The highest BCUT2D eigenvalue weighted by molar-refractivity contribution is 14.0. The minimum Gasteiger partial charge on any atom is -0.386 e. The number of hydrogen-bond donors (Lipinski definition) is 3. The Morgan fingerprint density at radius 1 is 1.30 bits per heavy atom. The lowest BCUT2D eigenvalue weighted by Gasteiger charge is -2.14. The van der Waals surface area contributed by atoms with Crippen molar-refractivity contribution in [2.75, 3.05) is 19.6 Å². The van der Waals surface area contributed by atoms with Crippen LogP contribution in [-0.2, 0) is 0 Å². The van der Waals surface area contributed by atoms with Gasteiger partial charge >= 0.3 is 0 Å². The summed E-state index contributed by atoms with van der Waals surface area (Å²) < 4.78 is 25.5. The Labute approximate surface area is 155 Å². The number of thiophene rings is 1. The smallest absolute Gasteiger partial charge is 0.257 e. The minimum atomic E-state index is -2.48. The normalized spacial score (nSPS) is 13.0. The fraction of sp³-hybridized carbons (Fsp3) is 0.400. The molecule has 3 N–H and O–H groups in total. The number of nitrogens with zero attached hydrogens (tertiary/aromatic N) is 1. The summed E-state index contributed by atoms with van der Waals surface area (Å²) in [5.41, 5.74) is 0. The highest BCUT2D eigenvalue weighted by Crippen LogP contribution is 2.29. The van der Waals surface area contributed by atoms with Crippen LogP contribution in [0.15, 0.2) is 35.3 Å². The van der Waals surface area contributed by atoms with Gasteiger partial charge in [-0.3, -0.25) is 0 Å². The monoisotopic (exact) mass is 455 g/mol. The highest BCUT2D eigenvalue weighted by Gasteiger charge is 2.12. The number of fused-ring (bicyclic) bond motifs is 1. The molecule has 0 aliphatic carbocycles. The van der Waals surface area contributed by atoms with Gasteiger partial charge in [-0.05, 0) is 24.4 Å². The molecule has 1 atom stereocenters. The first kappa shape index (κ1) is 20.0. The van der Waals surface area contributed by atoms with E-state index in [1.165, 1.54) is 11.3 Å². The molecular formula is C15H20F2IN3OS. The van der Waals surface area contributed by atoms with Gasteiger partial charge in [-0.2, -0.15) is 0 Å². The summed E-state index contributed by atoms with van der Waals surface area (Å²) in [6, 6.07) is 9.83. The van der Waals surface area contributed by atoms with Crippen LogP contribution in [0, 0.1) is 0 Å². The molecule has 0 spiro atoms. The van der Waals surface area contributed by atoms with Gasteiger partial charge in [0, 0.05) is 22.7 Å². The number of aliphatic hydroxyl groups excluding tert-OH is 1. The number of nitrogens with one attached hydrogen (secondary N) is 2. The van der Waals surface area contributed by atoms with Crippen molar-refractivity contribution in [3.05, 3.63) is 35.2 Å². The molecule has 0 fully saturated rings. The Kier molecular flexibility index (Phi) is 8.71. The summed E-state index contributed by atoms with van der Waals surface area (Å²) in [4.78, 5) is 4.59. The molecule has 1 heterocycles. The first-order valence-electron chi connectivity index (χ1n) is 7.07. The van der Waals surface area contributed by atoms with E-state index in [-0.39, 0.29) is 36.5 Å². The SMILES string of the molecule is CCNC(=NCC(F)F)NCC(O)c1cc2ccccc2s1.I. The lowest BCUT2D eigenvalue weighted by molar-refractivity contribution is 0.158. The average molecular weight is 455 g/mol. The predicted molar refractivity (Wildman–Crippen MR) is 102 cm³/mol. The van der Waals surface area contributed by atoms with Gasteiger partial charge in [0.15, 0.2) is 5.96 Å². The maximum absolute atomic E-state index is 12.2. The highest BCUT2D eigenvalue weighted by atomic mass is 127. The molecule has 0 aliphatic heterocycles. The number of aliphatic imine (C=N–C) groups is 1. The second-order valence-corrected chi connectivity index (χ2v) is 5.81. The zero-order valence-electron chi connectivity index (χ0n) is 12.6. The molecule has 2 rings (SSSR count). The Morgan fingerprint density at radius 2 is 2.04 bits per heavy atom. The van der Waals surface area contributed by atoms with Crippen molar-refractivity contribution in [3.63, 3.8) is 0 Å². The summed E-state index contributed by atoms with van der Waals surface area (Å²) in [5, 5.41) is 17.1. The van der Waals surface area contributed by atoms with Gasteiger partial charge in [0.25, 0.3) is 6.43 Å². The number of hydrogen-bond acceptors (Lipinski definition) is 3. The van der Waals surface area contributed by atoms with Gasteiger partial charge in [0.05, 0.1) is 0 Å². The van der Waals surface area contributed by atoms with Crippen molar-refractivity contribution < 1.29 is 13.9 Å². The molecular weight excluding hydrogens is 435 g/mol. The second-order valence-electron chi connectivity index (χ2n) is 4.69. The maximum atomic E-state index is 12.2. The Balaban J connectivity index is 0.00000264. The molecule has 0 aliphatic rings. The fourth-order valence-electron chi connectivity index (χ4n) is 1.96. The van der Waals surface area contributed by atoms with Gasteiger partial charge in [-0.25, -0.2) is 13.8 Å². The standard InChI is InChI=1S/C15H19F2N3OS.HI/c1-2-18-15(20-9-14(16)17)19-8-11(21)13-7-10-5-3-4-6-12(10)22-13;/h3-7,11,14,21H,2,8-9H2,1H3,(H2,18,19,20);1H. The van der Waals surface area contributed by atoms with Crippen LogP contribution < -0.4 is 10.6 Å². The quantitative estimate of drug-likeness (QED) is 0.356. The van der Waals surface area contributed by atoms with Crippen LogP contribution in [0.4, 0.5) is 8.78 Å². The maximum Gasteiger partial charge on any atom is 0.257 e. The minimum absolute atomic E-state index is 0. The van der Waals surface area contributed by atoms with Crippen molar-refractivity contribution in [1.82, 2.24) is 10.6 Å². The van der Waals surface area contributed by atoms with E-state index in [9.17, 15) is 13.9 Å². The number of rotatable bonds is 6. The summed E-state index contributed by atoms with van der Waals surface area (Å²) in [5.74, 6) is 0.281. The first-order chi connectivity index (χ1) is 10.6. The van der Waals surface area contributed by atoms with Crippen LogP contribution >= 0.6 is 35.3 Å². The molecule has 23 heavy (non-hydrogen) atoms. The van der Waals surface area contributed by atoms with E-state index in [0.717, 1.165) is 15.0 Å².